The predicted octanol–water partition coefficient (Wildman–Crippen LogP) is 14.5. The molecule has 0 rings (SSSR count). The first-order chi connectivity index (χ1) is 19.8. The van der Waals surface area contributed by atoms with Crippen molar-refractivity contribution >= 4 is 5.78 Å². The topological polar surface area (TPSA) is 17.1 Å². The Hall–Kier alpha value is -0.330. The molecule has 0 saturated carbocycles. The third-order valence-corrected chi connectivity index (χ3v) is 9.07. The summed E-state index contributed by atoms with van der Waals surface area (Å²) in [5.41, 5.74) is 0. The van der Waals surface area contributed by atoms with E-state index in [-0.39, 0.29) is 0 Å². The molecule has 1 heteroatoms. The van der Waals surface area contributed by atoms with Gasteiger partial charge in [0, 0.05) is 12.3 Å². The number of ketones is 1. The Morgan fingerprint density at radius 3 is 0.725 bits per heavy atom. The molecule has 40 heavy (non-hydrogen) atoms. The van der Waals surface area contributed by atoms with Gasteiger partial charge in [-0.25, -0.2) is 0 Å². The van der Waals surface area contributed by atoms with Crippen molar-refractivity contribution in [3.63, 3.8) is 0 Å². The van der Waals surface area contributed by atoms with Gasteiger partial charge < -0.3 is 0 Å². The fraction of sp³-hybridized carbons (Fsp3) is 0.949. The molecular weight excluding hydrogens is 484 g/mol. The number of rotatable bonds is 35. The number of hydrogen-bond acceptors (Lipinski definition) is 1. The van der Waals surface area contributed by atoms with E-state index in [2.05, 4.69) is 20.8 Å². The molecule has 0 N–H and O–H groups in total. The molecule has 0 aliphatic carbocycles. The lowest BCUT2D eigenvalue weighted by Gasteiger charge is -2.15. The summed E-state index contributed by atoms with van der Waals surface area (Å²) in [6.45, 7) is 6.88. The van der Waals surface area contributed by atoms with Crippen molar-refractivity contribution < 1.29 is 4.79 Å². The van der Waals surface area contributed by atoms with E-state index < -0.39 is 0 Å². The van der Waals surface area contributed by atoms with Crippen LogP contribution in [-0.2, 0) is 4.79 Å². The zero-order valence-corrected chi connectivity index (χ0v) is 28.4. The first kappa shape index (κ1) is 39.7. The number of Topliss-reactive ketones (excluding diaryl/α,β-unsaturated/α-hetero) is 1. The first-order valence-electron chi connectivity index (χ1n) is 19.1. The number of carbonyl (C=O) groups is 1. The predicted molar refractivity (Wildman–Crippen MR) is 182 cm³/mol. The SMILES string of the molecule is CCCCCCCCCCCCCC[C](CCCCCCCCCC)C(=O)CCCCCCCCCCCCC. The van der Waals surface area contributed by atoms with Crippen molar-refractivity contribution in [3.05, 3.63) is 5.92 Å². The Bertz CT molecular complexity index is 469. The number of hydrogen-bond donors (Lipinski definition) is 0. The van der Waals surface area contributed by atoms with Gasteiger partial charge in [-0.15, -0.1) is 0 Å². The summed E-state index contributed by atoms with van der Waals surface area (Å²) >= 11 is 0. The van der Waals surface area contributed by atoms with Gasteiger partial charge in [-0.05, 0) is 19.3 Å². The second-order valence-corrected chi connectivity index (χ2v) is 13.2. The van der Waals surface area contributed by atoms with Crippen LogP contribution in [0.1, 0.15) is 239 Å². The van der Waals surface area contributed by atoms with Gasteiger partial charge in [0.25, 0.3) is 0 Å². The fourth-order valence-electron chi connectivity index (χ4n) is 6.18. The van der Waals surface area contributed by atoms with Crippen molar-refractivity contribution in [2.75, 3.05) is 0 Å². The fourth-order valence-corrected chi connectivity index (χ4v) is 6.18. The normalized spacial score (nSPS) is 11.6. The number of carbonyl (C=O) groups excluding carboxylic acids is 1. The van der Waals surface area contributed by atoms with Crippen LogP contribution in [0.2, 0.25) is 0 Å². The van der Waals surface area contributed by atoms with Crippen molar-refractivity contribution in [2.24, 2.45) is 0 Å². The summed E-state index contributed by atoms with van der Waals surface area (Å²) in [6, 6.07) is 0. The molecule has 0 atom stereocenters. The molecule has 0 heterocycles. The molecule has 0 unspecified atom stereocenters. The van der Waals surface area contributed by atoms with Crippen molar-refractivity contribution in [2.45, 2.75) is 239 Å². The molecule has 1 radical (unpaired) electrons. The molecule has 0 aliphatic rings. The van der Waals surface area contributed by atoms with Crippen LogP contribution in [0.15, 0.2) is 0 Å². The van der Waals surface area contributed by atoms with Crippen LogP contribution in [0.3, 0.4) is 0 Å². The average molecular weight is 562 g/mol. The second-order valence-electron chi connectivity index (χ2n) is 13.2. The summed E-state index contributed by atoms with van der Waals surface area (Å²) < 4.78 is 0. The highest BCUT2D eigenvalue weighted by Gasteiger charge is 2.18. The zero-order valence-electron chi connectivity index (χ0n) is 28.4. The zero-order chi connectivity index (χ0) is 29.2. The third-order valence-electron chi connectivity index (χ3n) is 9.07. The van der Waals surface area contributed by atoms with Gasteiger partial charge in [-0.3, -0.25) is 4.79 Å². The van der Waals surface area contributed by atoms with Gasteiger partial charge >= 0.3 is 0 Å². The van der Waals surface area contributed by atoms with Gasteiger partial charge in [0.05, 0.1) is 0 Å². The van der Waals surface area contributed by atoms with E-state index >= 15 is 0 Å². The molecule has 0 aromatic carbocycles. The monoisotopic (exact) mass is 562 g/mol. The van der Waals surface area contributed by atoms with Crippen LogP contribution in [0.4, 0.5) is 0 Å². The van der Waals surface area contributed by atoms with Crippen LogP contribution in [-0.4, -0.2) is 5.78 Å². The molecule has 0 aliphatic heterocycles. The smallest absolute Gasteiger partial charge is 0.140 e. The largest absolute Gasteiger partial charge is 0.299 e. The average Bonchev–Trinajstić information content (AvgIpc) is 2.96. The maximum Gasteiger partial charge on any atom is 0.140 e. The lowest BCUT2D eigenvalue weighted by atomic mass is 9.88. The minimum atomic E-state index is 0.530. The molecule has 0 saturated heterocycles. The van der Waals surface area contributed by atoms with E-state index in [4.69, 9.17) is 0 Å². The summed E-state index contributed by atoms with van der Waals surface area (Å²) in [5, 5.41) is 0. The molecule has 0 bridgehead atoms. The highest BCUT2D eigenvalue weighted by molar-refractivity contribution is 5.91. The molecule has 239 valence electrons. The van der Waals surface area contributed by atoms with Crippen molar-refractivity contribution in [3.8, 4) is 0 Å². The minimum absolute atomic E-state index is 0.530. The van der Waals surface area contributed by atoms with Gasteiger partial charge in [-0.1, -0.05) is 213 Å². The van der Waals surface area contributed by atoms with Crippen LogP contribution < -0.4 is 0 Å². The summed E-state index contributed by atoms with van der Waals surface area (Å²) in [6.07, 6.45) is 45.5. The second kappa shape index (κ2) is 34.9. The van der Waals surface area contributed by atoms with E-state index in [1.807, 2.05) is 0 Å². The van der Waals surface area contributed by atoms with E-state index in [0.29, 0.717) is 5.78 Å². The molecule has 0 aromatic heterocycles. The minimum Gasteiger partial charge on any atom is -0.299 e. The van der Waals surface area contributed by atoms with Crippen LogP contribution in [0.5, 0.6) is 0 Å². The van der Waals surface area contributed by atoms with Gasteiger partial charge in [0.2, 0.25) is 0 Å². The summed E-state index contributed by atoms with van der Waals surface area (Å²) in [5.74, 6) is 1.84. The lowest BCUT2D eigenvalue weighted by Crippen LogP contribution is -2.12. The molecule has 0 fully saturated rings. The molecule has 1 nitrogen and oxygen atoms in total. The lowest BCUT2D eigenvalue weighted by molar-refractivity contribution is -0.117. The Morgan fingerprint density at radius 1 is 0.275 bits per heavy atom. The number of unbranched alkanes of at least 4 members (excludes halogenated alkanes) is 28. The van der Waals surface area contributed by atoms with Crippen LogP contribution in [0.25, 0.3) is 0 Å². The Labute approximate surface area is 255 Å². The molecule has 0 amide bonds. The van der Waals surface area contributed by atoms with E-state index in [9.17, 15) is 4.79 Å². The van der Waals surface area contributed by atoms with Gasteiger partial charge in [0.1, 0.15) is 5.78 Å². The maximum atomic E-state index is 13.1. The van der Waals surface area contributed by atoms with Crippen molar-refractivity contribution in [1.82, 2.24) is 0 Å². The molecule has 0 spiro atoms. The quantitative estimate of drug-likeness (QED) is 0.0703. The Morgan fingerprint density at radius 2 is 0.475 bits per heavy atom. The van der Waals surface area contributed by atoms with E-state index in [1.54, 1.807) is 0 Å². The third kappa shape index (κ3) is 30.6. The van der Waals surface area contributed by atoms with Gasteiger partial charge in [0.15, 0.2) is 0 Å². The van der Waals surface area contributed by atoms with E-state index in [0.717, 1.165) is 25.7 Å². The molecule has 0 aromatic rings. The highest BCUT2D eigenvalue weighted by Crippen LogP contribution is 2.25. The van der Waals surface area contributed by atoms with Crippen molar-refractivity contribution in [1.29, 1.82) is 0 Å². The standard InChI is InChI=1S/C39H77O/c1-4-7-10-13-16-19-21-23-24-27-30-33-36-38(35-32-29-26-18-15-12-9-6-3)39(40)37-34-31-28-25-22-20-17-14-11-8-5-2/h4-37H2,1-3H3. The first-order valence-corrected chi connectivity index (χ1v) is 19.1. The molecular formula is C39H77O. The van der Waals surface area contributed by atoms with Crippen LogP contribution >= 0.6 is 0 Å². The Kier molecular flexibility index (Phi) is 34.6. The summed E-state index contributed by atoms with van der Waals surface area (Å²) in [4.78, 5) is 13.1. The summed E-state index contributed by atoms with van der Waals surface area (Å²) in [7, 11) is 0. The van der Waals surface area contributed by atoms with Gasteiger partial charge in [-0.2, -0.15) is 0 Å². The van der Waals surface area contributed by atoms with E-state index in [1.165, 1.54) is 199 Å². The Balaban J connectivity index is 4.02. The van der Waals surface area contributed by atoms with Crippen LogP contribution in [0, 0.1) is 5.92 Å². The highest BCUT2D eigenvalue weighted by atomic mass is 16.1. The maximum absolute atomic E-state index is 13.1.